The van der Waals surface area contributed by atoms with Crippen LogP contribution in [0.3, 0.4) is 0 Å². The second-order valence-corrected chi connectivity index (χ2v) is 4.43. The Bertz CT molecular complexity index is 487. The normalized spacial score (nSPS) is 19.2. The quantitative estimate of drug-likeness (QED) is 0.793. The van der Waals surface area contributed by atoms with E-state index in [1.807, 2.05) is 18.2 Å². The Morgan fingerprint density at radius 1 is 1.41 bits per heavy atom. The van der Waals surface area contributed by atoms with Gasteiger partial charge in [0.15, 0.2) is 10.7 Å². The van der Waals surface area contributed by atoms with Crippen LogP contribution in [0.1, 0.15) is 6.92 Å². The minimum Gasteiger partial charge on any atom is -0.312 e. The first kappa shape index (κ1) is 11.8. The number of rotatable bonds is 1. The molecule has 0 aromatic heterocycles. The van der Waals surface area contributed by atoms with Gasteiger partial charge in [0, 0.05) is 6.92 Å². The minimum atomic E-state index is -0.605. The van der Waals surface area contributed by atoms with Gasteiger partial charge in [-0.2, -0.15) is 5.01 Å². The van der Waals surface area contributed by atoms with Gasteiger partial charge in [-0.1, -0.05) is 34.1 Å². The molecule has 1 aliphatic heterocycles. The largest absolute Gasteiger partial charge is 0.312 e. The smallest absolute Gasteiger partial charge is 0.269 e. The number of amides is 2. The fourth-order valence-electron chi connectivity index (χ4n) is 1.45. The minimum absolute atomic E-state index is 0.222. The van der Waals surface area contributed by atoms with Crippen LogP contribution in [0.25, 0.3) is 0 Å². The zero-order chi connectivity index (χ0) is 12.4. The summed E-state index contributed by atoms with van der Waals surface area (Å²) in [6.07, 6.45) is 0. The molecular formula is C11H10BrN3O2. The molecule has 0 saturated carbocycles. The van der Waals surface area contributed by atoms with E-state index in [-0.39, 0.29) is 11.8 Å². The summed E-state index contributed by atoms with van der Waals surface area (Å²) in [4.78, 5) is 22.3. The molecule has 0 aliphatic carbocycles. The molecule has 6 heteroatoms. The second kappa shape index (κ2) is 4.67. The van der Waals surface area contributed by atoms with E-state index in [9.17, 15) is 9.59 Å². The number of nitrogens with one attached hydrogen (secondary N) is 1. The number of nitrogens with zero attached hydrogens (tertiary/aromatic N) is 2. The lowest BCUT2D eigenvalue weighted by molar-refractivity contribution is -0.117. The van der Waals surface area contributed by atoms with E-state index in [0.717, 1.165) is 0 Å². The number of anilines is 1. The maximum absolute atomic E-state index is 11.9. The molecule has 0 fully saturated rings. The first-order valence-electron chi connectivity index (χ1n) is 4.99. The van der Waals surface area contributed by atoms with Crippen LogP contribution in [0.5, 0.6) is 0 Å². The van der Waals surface area contributed by atoms with Gasteiger partial charge < -0.3 is 5.32 Å². The summed E-state index contributed by atoms with van der Waals surface area (Å²) in [5.74, 6) is -0.165. The molecule has 5 nitrogen and oxygen atoms in total. The SMILES string of the molecule is CC(=O)NC1=NN(c2ccccc2)C(=O)[C@@H]1Br. The Labute approximate surface area is 107 Å². The molecule has 0 unspecified atom stereocenters. The Hall–Kier alpha value is -1.69. The summed E-state index contributed by atoms with van der Waals surface area (Å²) < 4.78 is 0. The topological polar surface area (TPSA) is 61.8 Å². The van der Waals surface area contributed by atoms with E-state index in [1.165, 1.54) is 11.9 Å². The van der Waals surface area contributed by atoms with E-state index >= 15 is 0 Å². The van der Waals surface area contributed by atoms with Crippen molar-refractivity contribution in [3.8, 4) is 0 Å². The highest BCUT2D eigenvalue weighted by molar-refractivity contribution is 9.10. The molecule has 1 heterocycles. The molecule has 0 spiro atoms. The third-order valence-electron chi connectivity index (χ3n) is 2.18. The highest BCUT2D eigenvalue weighted by atomic mass is 79.9. The van der Waals surface area contributed by atoms with Gasteiger partial charge in [0.1, 0.15) is 0 Å². The summed E-state index contributed by atoms with van der Waals surface area (Å²) in [5.41, 5.74) is 0.669. The zero-order valence-corrected chi connectivity index (χ0v) is 10.6. The van der Waals surface area contributed by atoms with Gasteiger partial charge >= 0.3 is 0 Å². The van der Waals surface area contributed by atoms with Crippen molar-refractivity contribution < 1.29 is 9.59 Å². The molecule has 1 aromatic carbocycles. The predicted octanol–water partition coefficient (Wildman–Crippen LogP) is 1.25. The van der Waals surface area contributed by atoms with Crippen LogP contribution in [-0.2, 0) is 9.59 Å². The van der Waals surface area contributed by atoms with E-state index < -0.39 is 4.83 Å². The zero-order valence-electron chi connectivity index (χ0n) is 9.05. The number of benzene rings is 1. The predicted molar refractivity (Wildman–Crippen MR) is 67.9 cm³/mol. The van der Waals surface area contributed by atoms with Crippen LogP contribution in [0.4, 0.5) is 5.69 Å². The van der Waals surface area contributed by atoms with E-state index in [1.54, 1.807) is 12.1 Å². The van der Waals surface area contributed by atoms with Crippen LogP contribution < -0.4 is 10.3 Å². The third kappa shape index (κ3) is 2.36. The Balaban J connectivity index is 2.28. The molecular weight excluding hydrogens is 286 g/mol. The molecule has 1 aromatic rings. The standard InChI is InChI=1S/C11H10BrN3O2/c1-7(16)13-10-9(12)11(17)15(14-10)8-5-3-2-4-6-8/h2-6,9H,1H3,(H,13,14,16)/t9-/m1/s1. The number of carbonyl (C=O) groups excluding carboxylic acids is 2. The lowest BCUT2D eigenvalue weighted by Crippen LogP contribution is -2.35. The Kier molecular flexibility index (Phi) is 3.23. The summed E-state index contributed by atoms with van der Waals surface area (Å²) in [6.45, 7) is 1.37. The lowest BCUT2D eigenvalue weighted by atomic mass is 10.3. The third-order valence-corrected chi connectivity index (χ3v) is 3.00. The lowest BCUT2D eigenvalue weighted by Gasteiger charge is -2.11. The van der Waals surface area contributed by atoms with Gasteiger partial charge in [0.05, 0.1) is 5.69 Å². The van der Waals surface area contributed by atoms with Crippen LogP contribution in [0, 0.1) is 0 Å². The number of alkyl halides is 1. The van der Waals surface area contributed by atoms with Gasteiger partial charge in [-0.3, -0.25) is 9.59 Å². The van der Waals surface area contributed by atoms with Crippen molar-refractivity contribution >= 4 is 39.3 Å². The number of hydrogen-bond donors (Lipinski definition) is 1. The van der Waals surface area contributed by atoms with Crippen molar-refractivity contribution in [2.24, 2.45) is 5.10 Å². The maximum atomic E-state index is 11.9. The molecule has 1 atom stereocenters. The highest BCUT2D eigenvalue weighted by Gasteiger charge is 2.35. The molecule has 0 bridgehead atoms. The Morgan fingerprint density at radius 2 is 2.06 bits per heavy atom. The average Bonchev–Trinajstić information content (AvgIpc) is 2.58. The summed E-state index contributed by atoms with van der Waals surface area (Å²) in [7, 11) is 0. The number of amidine groups is 1. The summed E-state index contributed by atoms with van der Waals surface area (Å²) >= 11 is 3.20. The van der Waals surface area contributed by atoms with Crippen molar-refractivity contribution in [1.82, 2.24) is 5.32 Å². The fourth-order valence-corrected chi connectivity index (χ4v) is 1.85. The van der Waals surface area contributed by atoms with Crippen molar-refractivity contribution in [2.45, 2.75) is 11.8 Å². The average molecular weight is 296 g/mol. The molecule has 2 rings (SSSR count). The number of hydrazone groups is 1. The van der Waals surface area contributed by atoms with Crippen LogP contribution in [0.15, 0.2) is 35.4 Å². The molecule has 88 valence electrons. The van der Waals surface area contributed by atoms with Gasteiger partial charge in [-0.05, 0) is 12.1 Å². The molecule has 0 saturated heterocycles. The number of para-hydroxylation sites is 1. The van der Waals surface area contributed by atoms with E-state index in [4.69, 9.17) is 0 Å². The highest BCUT2D eigenvalue weighted by Crippen LogP contribution is 2.22. The van der Waals surface area contributed by atoms with E-state index in [2.05, 4.69) is 26.3 Å². The fraction of sp³-hybridized carbons (Fsp3) is 0.182. The van der Waals surface area contributed by atoms with E-state index in [0.29, 0.717) is 11.5 Å². The molecule has 1 N–H and O–H groups in total. The molecule has 17 heavy (non-hydrogen) atoms. The number of carbonyl (C=O) groups is 2. The number of hydrogen-bond acceptors (Lipinski definition) is 3. The maximum Gasteiger partial charge on any atom is 0.269 e. The molecule has 2 amide bonds. The van der Waals surface area contributed by atoms with Crippen molar-refractivity contribution in [1.29, 1.82) is 0 Å². The summed E-state index contributed by atoms with van der Waals surface area (Å²) in [6, 6.07) is 9.04. The Morgan fingerprint density at radius 3 is 2.65 bits per heavy atom. The van der Waals surface area contributed by atoms with Gasteiger partial charge in [0.25, 0.3) is 5.91 Å². The first-order chi connectivity index (χ1) is 8.09. The molecule has 0 radical (unpaired) electrons. The molecule has 1 aliphatic rings. The summed E-state index contributed by atoms with van der Waals surface area (Å²) in [5, 5.41) is 7.87. The van der Waals surface area contributed by atoms with Crippen LogP contribution in [-0.4, -0.2) is 22.5 Å². The van der Waals surface area contributed by atoms with Crippen LogP contribution in [0.2, 0.25) is 0 Å². The monoisotopic (exact) mass is 295 g/mol. The van der Waals surface area contributed by atoms with Crippen LogP contribution >= 0.6 is 15.9 Å². The van der Waals surface area contributed by atoms with Crippen molar-refractivity contribution in [2.75, 3.05) is 5.01 Å². The van der Waals surface area contributed by atoms with Gasteiger partial charge in [0.2, 0.25) is 5.91 Å². The van der Waals surface area contributed by atoms with Gasteiger partial charge in [-0.25, -0.2) is 0 Å². The number of halogens is 1. The first-order valence-corrected chi connectivity index (χ1v) is 5.90. The van der Waals surface area contributed by atoms with Crippen molar-refractivity contribution in [3.05, 3.63) is 30.3 Å². The second-order valence-electron chi connectivity index (χ2n) is 3.51. The van der Waals surface area contributed by atoms with Crippen molar-refractivity contribution in [3.63, 3.8) is 0 Å². The van der Waals surface area contributed by atoms with Gasteiger partial charge in [-0.15, -0.1) is 5.10 Å².